The van der Waals surface area contributed by atoms with Crippen LogP contribution in [0.25, 0.3) is 0 Å². The normalized spacial score (nSPS) is 17.1. The van der Waals surface area contributed by atoms with E-state index in [9.17, 15) is 9.18 Å². The second-order valence-electron chi connectivity index (χ2n) is 6.80. The summed E-state index contributed by atoms with van der Waals surface area (Å²) in [6.45, 7) is 1.30. The Hall–Kier alpha value is -3.02. The van der Waals surface area contributed by atoms with E-state index in [0.29, 0.717) is 30.2 Å². The Morgan fingerprint density at radius 3 is 3.00 bits per heavy atom. The molecule has 1 aliphatic rings. The number of benzene rings is 1. The van der Waals surface area contributed by atoms with Crippen molar-refractivity contribution in [3.05, 3.63) is 83.6 Å². The highest BCUT2D eigenvalue weighted by atomic mass is 19.1. The van der Waals surface area contributed by atoms with Crippen molar-refractivity contribution in [2.45, 2.75) is 25.2 Å². The number of aromatic nitrogens is 2. The predicted molar refractivity (Wildman–Crippen MR) is 97.8 cm³/mol. The minimum Gasteiger partial charge on any atom is -0.445 e. The fourth-order valence-corrected chi connectivity index (χ4v) is 3.48. The number of amides is 1. The van der Waals surface area contributed by atoms with Crippen molar-refractivity contribution < 1.29 is 13.6 Å². The topological polar surface area (TPSA) is 59.2 Å². The van der Waals surface area contributed by atoms with Gasteiger partial charge in [-0.3, -0.25) is 9.78 Å². The zero-order valence-electron chi connectivity index (χ0n) is 14.8. The quantitative estimate of drug-likeness (QED) is 0.705. The number of piperidine rings is 1. The molecular formula is C21H20FN3O2. The van der Waals surface area contributed by atoms with Gasteiger partial charge in [-0.05, 0) is 42.7 Å². The van der Waals surface area contributed by atoms with Gasteiger partial charge in [-0.15, -0.1) is 0 Å². The van der Waals surface area contributed by atoms with Crippen LogP contribution in [-0.4, -0.2) is 33.9 Å². The Kier molecular flexibility index (Phi) is 4.96. The fourth-order valence-electron chi connectivity index (χ4n) is 3.48. The molecular weight excluding hydrogens is 345 g/mol. The first-order valence-corrected chi connectivity index (χ1v) is 9.07. The number of oxazole rings is 1. The minimum atomic E-state index is -0.260. The first kappa shape index (κ1) is 17.4. The molecule has 1 unspecified atom stereocenters. The summed E-state index contributed by atoms with van der Waals surface area (Å²) in [6.07, 6.45) is 7.27. The molecule has 3 aromatic rings. The van der Waals surface area contributed by atoms with E-state index in [1.807, 2.05) is 11.0 Å². The zero-order chi connectivity index (χ0) is 18.6. The summed E-state index contributed by atoms with van der Waals surface area (Å²) in [4.78, 5) is 22.9. The summed E-state index contributed by atoms with van der Waals surface area (Å²) in [5, 5.41) is 0. The van der Waals surface area contributed by atoms with Crippen LogP contribution in [0.1, 0.15) is 46.3 Å². The number of carbonyl (C=O) groups excluding carboxylic acids is 1. The number of carbonyl (C=O) groups is 1. The molecule has 4 rings (SSSR count). The van der Waals surface area contributed by atoms with E-state index in [4.69, 9.17) is 4.42 Å². The first-order valence-electron chi connectivity index (χ1n) is 9.07. The second kappa shape index (κ2) is 7.70. The fraction of sp³-hybridized carbons (Fsp3) is 0.286. The van der Waals surface area contributed by atoms with Crippen LogP contribution in [0.5, 0.6) is 0 Å². The largest absolute Gasteiger partial charge is 0.445 e. The molecule has 27 heavy (non-hydrogen) atoms. The summed E-state index contributed by atoms with van der Waals surface area (Å²) in [5.41, 5.74) is 1.44. The minimum absolute atomic E-state index is 0.0145. The van der Waals surface area contributed by atoms with Crippen molar-refractivity contribution in [3.63, 3.8) is 0 Å². The molecule has 6 heteroatoms. The van der Waals surface area contributed by atoms with Crippen molar-refractivity contribution >= 4 is 5.91 Å². The third-order valence-corrected chi connectivity index (χ3v) is 4.81. The van der Waals surface area contributed by atoms with Crippen molar-refractivity contribution in [2.24, 2.45) is 0 Å². The monoisotopic (exact) mass is 365 g/mol. The molecule has 0 saturated carbocycles. The van der Waals surface area contributed by atoms with Crippen LogP contribution in [0.4, 0.5) is 4.39 Å². The van der Waals surface area contributed by atoms with Crippen LogP contribution >= 0.6 is 0 Å². The molecule has 1 amide bonds. The number of pyridine rings is 1. The molecule has 138 valence electrons. The molecule has 0 radical (unpaired) electrons. The summed E-state index contributed by atoms with van der Waals surface area (Å²) in [6, 6.07) is 10.0. The van der Waals surface area contributed by atoms with Gasteiger partial charge in [0.25, 0.3) is 5.91 Å². The lowest BCUT2D eigenvalue weighted by molar-refractivity contribution is 0.0697. The standard InChI is InChI=1S/C21H20FN3O2/c22-18-7-1-4-15(10-18)11-19-13-24-20(27-19)17-6-3-9-25(14-17)21(26)16-5-2-8-23-12-16/h1-2,4-5,7-8,10,12-13,17H,3,6,9,11,14H2. The van der Waals surface area contributed by atoms with Gasteiger partial charge in [0.05, 0.1) is 17.7 Å². The molecule has 0 aliphatic carbocycles. The first-order chi connectivity index (χ1) is 13.2. The van der Waals surface area contributed by atoms with Crippen LogP contribution in [0, 0.1) is 5.82 Å². The maximum Gasteiger partial charge on any atom is 0.255 e. The maximum atomic E-state index is 13.3. The lowest BCUT2D eigenvalue weighted by Gasteiger charge is -2.31. The SMILES string of the molecule is O=C(c1cccnc1)N1CCCC(c2ncc(Cc3cccc(F)c3)o2)C1. The van der Waals surface area contributed by atoms with Crippen LogP contribution < -0.4 is 0 Å². The van der Waals surface area contributed by atoms with E-state index in [-0.39, 0.29) is 17.6 Å². The van der Waals surface area contributed by atoms with Gasteiger partial charge in [0, 0.05) is 31.9 Å². The van der Waals surface area contributed by atoms with Crippen LogP contribution in [-0.2, 0) is 6.42 Å². The molecule has 1 fully saturated rings. The van der Waals surface area contributed by atoms with Gasteiger partial charge < -0.3 is 9.32 Å². The van der Waals surface area contributed by atoms with Crippen LogP contribution in [0.2, 0.25) is 0 Å². The van der Waals surface area contributed by atoms with Gasteiger partial charge in [-0.2, -0.15) is 0 Å². The summed E-state index contributed by atoms with van der Waals surface area (Å²) < 4.78 is 19.3. The maximum absolute atomic E-state index is 13.3. The van der Waals surface area contributed by atoms with E-state index < -0.39 is 0 Å². The lowest BCUT2D eigenvalue weighted by atomic mass is 9.97. The van der Waals surface area contributed by atoms with Crippen molar-refractivity contribution in [3.8, 4) is 0 Å². The molecule has 1 aromatic carbocycles. The number of halogens is 1. The van der Waals surface area contributed by atoms with Gasteiger partial charge in [0.1, 0.15) is 11.6 Å². The predicted octanol–water partition coefficient (Wildman–Crippen LogP) is 3.82. The number of likely N-dealkylation sites (tertiary alicyclic amines) is 1. The highest BCUT2D eigenvalue weighted by Crippen LogP contribution is 2.28. The zero-order valence-corrected chi connectivity index (χ0v) is 14.8. The van der Waals surface area contributed by atoms with E-state index >= 15 is 0 Å². The Balaban J connectivity index is 1.44. The average Bonchev–Trinajstić information content (AvgIpc) is 3.17. The van der Waals surface area contributed by atoms with Crippen molar-refractivity contribution in [2.75, 3.05) is 13.1 Å². The van der Waals surface area contributed by atoms with Crippen molar-refractivity contribution in [1.82, 2.24) is 14.9 Å². The van der Waals surface area contributed by atoms with Gasteiger partial charge in [-0.25, -0.2) is 9.37 Å². The molecule has 0 N–H and O–H groups in total. The smallest absolute Gasteiger partial charge is 0.255 e. The van der Waals surface area contributed by atoms with Crippen molar-refractivity contribution in [1.29, 1.82) is 0 Å². The third-order valence-electron chi connectivity index (χ3n) is 4.81. The Bertz CT molecular complexity index is 926. The summed E-state index contributed by atoms with van der Waals surface area (Å²) in [5.74, 6) is 1.14. The summed E-state index contributed by atoms with van der Waals surface area (Å²) in [7, 11) is 0. The van der Waals surface area contributed by atoms with Gasteiger partial charge in [0.15, 0.2) is 5.89 Å². The number of nitrogens with zero attached hydrogens (tertiary/aromatic N) is 3. The van der Waals surface area contributed by atoms with E-state index in [1.54, 1.807) is 36.8 Å². The van der Waals surface area contributed by atoms with E-state index in [0.717, 1.165) is 24.9 Å². The Morgan fingerprint density at radius 1 is 1.26 bits per heavy atom. The van der Waals surface area contributed by atoms with Crippen LogP contribution in [0.15, 0.2) is 59.4 Å². The molecule has 1 atom stereocenters. The van der Waals surface area contributed by atoms with Gasteiger partial charge >= 0.3 is 0 Å². The molecule has 5 nitrogen and oxygen atoms in total. The van der Waals surface area contributed by atoms with E-state index in [2.05, 4.69) is 9.97 Å². The van der Waals surface area contributed by atoms with Gasteiger partial charge in [0.2, 0.25) is 0 Å². The molecule has 1 aliphatic heterocycles. The molecule has 3 heterocycles. The third kappa shape index (κ3) is 4.05. The Labute approximate surface area is 156 Å². The molecule has 2 aromatic heterocycles. The average molecular weight is 365 g/mol. The highest BCUT2D eigenvalue weighted by Gasteiger charge is 2.28. The highest BCUT2D eigenvalue weighted by molar-refractivity contribution is 5.93. The number of hydrogen-bond acceptors (Lipinski definition) is 4. The Morgan fingerprint density at radius 2 is 2.19 bits per heavy atom. The van der Waals surface area contributed by atoms with Crippen LogP contribution in [0.3, 0.4) is 0 Å². The molecule has 0 spiro atoms. The van der Waals surface area contributed by atoms with E-state index in [1.165, 1.54) is 12.1 Å². The molecule has 1 saturated heterocycles. The summed E-state index contributed by atoms with van der Waals surface area (Å²) >= 11 is 0. The number of rotatable bonds is 4. The lowest BCUT2D eigenvalue weighted by Crippen LogP contribution is -2.39. The van der Waals surface area contributed by atoms with Gasteiger partial charge in [-0.1, -0.05) is 12.1 Å². The number of hydrogen-bond donors (Lipinski definition) is 0. The second-order valence-corrected chi connectivity index (χ2v) is 6.80. The molecule has 0 bridgehead atoms.